The van der Waals surface area contributed by atoms with E-state index >= 15 is 0 Å². The summed E-state index contributed by atoms with van der Waals surface area (Å²) < 4.78 is 18.1. The lowest BCUT2D eigenvalue weighted by atomic mass is 9.39. The Morgan fingerprint density at radius 1 is 1.27 bits per heavy atom. The third-order valence-corrected chi connectivity index (χ3v) is 8.03. The average molecular weight is 353 g/mol. The van der Waals surface area contributed by atoms with E-state index < -0.39 is 5.60 Å². The zero-order chi connectivity index (χ0) is 17.9. The van der Waals surface area contributed by atoms with Crippen LogP contribution in [0.3, 0.4) is 0 Å². The minimum atomic E-state index is -0.985. The van der Waals surface area contributed by atoms with Crippen molar-refractivity contribution in [2.24, 2.45) is 5.41 Å². The van der Waals surface area contributed by atoms with Crippen LogP contribution in [0.25, 0.3) is 0 Å². The van der Waals surface area contributed by atoms with Gasteiger partial charge in [-0.25, -0.2) is 0 Å². The van der Waals surface area contributed by atoms with Gasteiger partial charge in [0.1, 0.15) is 6.10 Å². The predicted octanol–water partition coefficient (Wildman–Crippen LogP) is 1.87. The smallest absolute Gasteiger partial charge is 0.181 e. The Balaban J connectivity index is 1.75. The number of hydrogen-bond acceptors (Lipinski definition) is 5. The van der Waals surface area contributed by atoms with Crippen LogP contribution >= 0.6 is 0 Å². The van der Waals surface area contributed by atoms with Gasteiger partial charge < -0.3 is 19.1 Å². The van der Waals surface area contributed by atoms with Crippen LogP contribution < -0.4 is 9.47 Å². The number of hydrogen-bond donors (Lipinski definition) is 0. The molecule has 0 radical (unpaired) electrons. The Bertz CT molecular complexity index is 894. The second-order valence-electron chi connectivity index (χ2n) is 8.52. The van der Waals surface area contributed by atoms with Gasteiger partial charge in [0.05, 0.1) is 12.5 Å². The highest BCUT2D eigenvalue weighted by molar-refractivity contribution is 5.96. The van der Waals surface area contributed by atoms with E-state index in [0.29, 0.717) is 12.5 Å². The van der Waals surface area contributed by atoms with Gasteiger partial charge in [0.15, 0.2) is 22.9 Å². The number of fused-ring (bicyclic) bond motifs is 1. The van der Waals surface area contributed by atoms with Crippen LogP contribution in [0.5, 0.6) is 11.5 Å². The third kappa shape index (κ3) is 1.25. The topological polar surface area (TPSA) is 48.0 Å². The summed E-state index contributed by atoms with van der Waals surface area (Å²) in [6.07, 6.45) is 6.43. The van der Waals surface area contributed by atoms with Gasteiger partial charge in [0.25, 0.3) is 0 Å². The predicted molar refractivity (Wildman–Crippen MR) is 94.8 cm³/mol. The van der Waals surface area contributed by atoms with E-state index in [1.165, 1.54) is 11.1 Å². The maximum atomic E-state index is 13.3. The molecule has 4 aliphatic carbocycles. The van der Waals surface area contributed by atoms with Crippen molar-refractivity contribution in [3.8, 4) is 11.5 Å². The number of Topliss-reactive ketones (excluding diaryl/α,β-unsaturated/α-hetero) is 1. The molecule has 1 saturated heterocycles. The van der Waals surface area contributed by atoms with Gasteiger partial charge in [0.2, 0.25) is 0 Å². The zero-order valence-corrected chi connectivity index (χ0v) is 15.4. The first kappa shape index (κ1) is 15.2. The molecule has 5 heteroatoms. The third-order valence-electron chi connectivity index (χ3n) is 8.03. The standard InChI is InChI=1S/C21H23NO4/c1-22-9-8-20-16-12-4-5-13(24-2)17(16)26-18(20)21(25-3)7-6-19(20,11-15(21)23)14(22)10-12/h4-7,14,18H,8-11H2,1-3H3/t14-,18-,19-,20+,21-/m1/s1. The van der Waals surface area contributed by atoms with Crippen molar-refractivity contribution in [2.45, 2.75) is 42.4 Å². The molecule has 5 nitrogen and oxygen atoms in total. The average Bonchev–Trinajstić information content (AvgIpc) is 3.01. The molecule has 4 bridgehead atoms. The van der Waals surface area contributed by atoms with Gasteiger partial charge in [-0.15, -0.1) is 0 Å². The Labute approximate surface area is 152 Å². The second kappa shape index (κ2) is 4.34. The van der Waals surface area contributed by atoms with Crippen molar-refractivity contribution in [2.75, 3.05) is 27.8 Å². The number of ketones is 1. The summed E-state index contributed by atoms with van der Waals surface area (Å²) in [6.45, 7) is 1.00. The number of carbonyl (C=O) groups is 1. The maximum absolute atomic E-state index is 13.3. The summed E-state index contributed by atoms with van der Waals surface area (Å²) in [5, 5.41) is 0. The molecule has 2 spiro atoms. The van der Waals surface area contributed by atoms with Crippen LogP contribution in [0.1, 0.15) is 24.0 Å². The minimum absolute atomic E-state index is 0.152. The van der Waals surface area contributed by atoms with Crippen LogP contribution in [0.2, 0.25) is 0 Å². The first-order valence-electron chi connectivity index (χ1n) is 9.40. The van der Waals surface area contributed by atoms with Gasteiger partial charge >= 0.3 is 0 Å². The van der Waals surface area contributed by atoms with Crippen LogP contribution in [0.4, 0.5) is 0 Å². The molecule has 1 aromatic rings. The largest absolute Gasteiger partial charge is 0.493 e. The van der Waals surface area contributed by atoms with Crippen LogP contribution in [0.15, 0.2) is 24.3 Å². The normalized spacial score (nSPS) is 44.0. The molecule has 2 fully saturated rings. The van der Waals surface area contributed by atoms with Crippen molar-refractivity contribution in [1.29, 1.82) is 0 Å². The van der Waals surface area contributed by atoms with E-state index in [4.69, 9.17) is 14.2 Å². The van der Waals surface area contributed by atoms with Crippen LogP contribution in [-0.2, 0) is 21.4 Å². The van der Waals surface area contributed by atoms with Gasteiger partial charge in [-0.1, -0.05) is 12.1 Å². The van der Waals surface area contributed by atoms with Crippen molar-refractivity contribution in [1.82, 2.24) is 4.90 Å². The molecule has 7 rings (SSSR count). The van der Waals surface area contributed by atoms with Crippen molar-refractivity contribution < 1.29 is 19.0 Å². The highest BCUT2D eigenvalue weighted by Crippen LogP contribution is 2.72. The van der Waals surface area contributed by atoms with Crippen molar-refractivity contribution >= 4 is 5.78 Å². The molecule has 0 unspecified atom stereocenters. The molecule has 0 N–H and O–H groups in total. The summed E-state index contributed by atoms with van der Waals surface area (Å²) in [4.78, 5) is 15.7. The van der Waals surface area contributed by atoms with E-state index in [0.717, 1.165) is 30.9 Å². The number of nitrogens with zero attached hydrogens (tertiary/aromatic N) is 1. The van der Waals surface area contributed by atoms with Gasteiger partial charge in [-0.05, 0) is 44.1 Å². The van der Waals surface area contributed by atoms with E-state index in [2.05, 4.69) is 24.1 Å². The van der Waals surface area contributed by atoms with E-state index in [1.807, 2.05) is 12.1 Å². The molecule has 2 aliphatic heterocycles. The van der Waals surface area contributed by atoms with Crippen LogP contribution in [0, 0.1) is 5.41 Å². The fraction of sp³-hybridized carbons (Fsp3) is 0.571. The van der Waals surface area contributed by atoms with E-state index in [-0.39, 0.29) is 22.7 Å². The zero-order valence-electron chi connectivity index (χ0n) is 15.4. The monoisotopic (exact) mass is 353 g/mol. The maximum Gasteiger partial charge on any atom is 0.181 e. The number of carbonyl (C=O) groups excluding carboxylic acids is 1. The lowest BCUT2D eigenvalue weighted by Crippen LogP contribution is -2.79. The van der Waals surface area contributed by atoms with Crippen molar-refractivity contribution in [3.05, 3.63) is 35.4 Å². The molecular weight excluding hydrogens is 330 g/mol. The second-order valence-corrected chi connectivity index (χ2v) is 8.52. The SMILES string of the molecule is COc1ccc2c3c1O[C@@H]1[C@]34CCN(C)[C@H](C2)[C@]42C=C[C@@]1(OC)C(=O)C2. The highest BCUT2D eigenvalue weighted by Gasteiger charge is 2.79. The van der Waals surface area contributed by atoms with E-state index in [9.17, 15) is 4.79 Å². The van der Waals surface area contributed by atoms with Gasteiger partial charge in [-0.2, -0.15) is 0 Å². The molecule has 26 heavy (non-hydrogen) atoms. The molecule has 2 heterocycles. The Morgan fingerprint density at radius 3 is 2.85 bits per heavy atom. The highest BCUT2D eigenvalue weighted by atomic mass is 16.6. The van der Waals surface area contributed by atoms with E-state index in [1.54, 1.807) is 14.2 Å². The number of likely N-dealkylation sites (tertiary alicyclic amines) is 1. The molecule has 1 saturated carbocycles. The summed E-state index contributed by atoms with van der Waals surface area (Å²) in [5.41, 5.74) is 1.21. The minimum Gasteiger partial charge on any atom is -0.493 e. The number of likely N-dealkylation sites (N-methyl/N-ethyl adjacent to an activating group) is 1. The summed E-state index contributed by atoms with van der Waals surface area (Å²) in [6, 6.07) is 4.51. The molecule has 0 aromatic heterocycles. The summed E-state index contributed by atoms with van der Waals surface area (Å²) >= 11 is 0. The first-order chi connectivity index (χ1) is 12.5. The molecule has 6 aliphatic rings. The molecule has 0 amide bonds. The lowest BCUT2D eigenvalue weighted by molar-refractivity contribution is -0.191. The Morgan fingerprint density at radius 2 is 2.12 bits per heavy atom. The summed E-state index contributed by atoms with van der Waals surface area (Å²) in [5.74, 6) is 1.75. The van der Waals surface area contributed by atoms with Gasteiger partial charge in [0, 0.05) is 30.6 Å². The molecule has 5 atom stereocenters. The van der Waals surface area contributed by atoms with Crippen LogP contribution in [-0.4, -0.2) is 56.2 Å². The molecule has 136 valence electrons. The Hall–Kier alpha value is -1.85. The lowest BCUT2D eigenvalue weighted by Gasteiger charge is -2.68. The summed E-state index contributed by atoms with van der Waals surface area (Å²) in [7, 11) is 5.51. The first-order valence-corrected chi connectivity index (χ1v) is 9.40. The number of benzene rings is 1. The number of piperidine rings is 1. The fourth-order valence-corrected chi connectivity index (χ4v) is 6.94. The van der Waals surface area contributed by atoms with Gasteiger partial charge in [-0.3, -0.25) is 4.79 Å². The fourth-order valence-electron chi connectivity index (χ4n) is 6.94. The number of rotatable bonds is 2. The Kier molecular flexibility index (Phi) is 2.54. The number of methoxy groups -OCH3 is 2. The molecular formula is C21H23NO4. The van der Waals surface area contributed by atoms with Crippen molar-refractivity contribution in [3.63, 3.8) is 0 Å². The molecule has 1 aromatic carbocycles. The quantitative estimate of drug-likeness (QED) is 0.760. The number of ether oxygens (including phenoxy) is 3.